The third-order valence-electron chi connectivity index (χ3n) is 4.00. The molecule has 0 aliphatic carbocycles. The molecule has 2 rings (SSSR count). The van der Waals surface area contributed by atoms with E-state index in [1.54, 1.807) is 48.5 Å². The van der Waals surface area contributed by atoms with Gasteiger partial charge in [-0.15, -0.1) is 6.42 Å². The van der Waals surface area contributed by atoms with Gasteiger partial charge in [-0.3, -0.25) is 14.5 Å². The Bertz CT molecular complexity index is 875. The van der Waals surface area contributed by atoms with Gasteiger partial charge in [0.05, 0.1) is 6.61 Å². The van der Waals surface area contributed by atoms with Crippen molar-refractivity contribution in [2.24, 2.45) is 0 Å². The topological polar surface area (TPSA) is 95.7 Å². The van der Waals surface area contributed by atoms with Crippen LogP contribution in [-0.4, -0.2) is 22.5 Å². The zero-order valence-electron chi connectivity index (χ0n) is 16.3. The van der Waals surface area contributed by atoms with Gasteiger partial charge < -0.3 is 16.2 Å². The molecule has 0 aromatic heterocycles. The quantitative estimate of drug-likeness (QED) is 0.549. The Morgan fingerprint density at radius 2 is 1.71 bits per heavy atom. The maximum Gasteiger partial charge on any atom is 0.303 e. The van der Waals surface area contributed by atoms with Crippen LogP contribution in [-0.2, 0) is 16.2 Å². The van der Waals surface area contributed by atoms with Crippen molar-refractivity contribution >= 4 is 23.2 Å². The molecule has 6 heteroatoms. The molecule has 0 radical (unpaired) electrons. The molecule has 2 amide bonds. The van der Waals surface area contributed by atoms with Gasteiger partial charge in [0.2, 0.25) is 5.91 Å². The van der Waals surface area contributed by atoms with Crippen molar-refractivity contribution in [3.05, 3.63) is 59.7 Å². The van der Waals surface area contributed by atoms with Crippen LogP contribution in [0.4, 0.5) is 11.4 Å². The molecule has 28 heavy (non-hydrogen) atoms. The molecule has 6 nitrogen and oxygen atoms in total. The number of terminal acetylenes is 1. The molecule has 0 heterocycles. The summed E-state index contributed by atoms with van der Waals surface area (Å²) in [6, 6.07) is 12.4. The van der Waals surface area contributed by atoms with Crippen molar-refractivity contribution in [1.29, 1.82) is 0 Å². The van der Waals surface area contributed by atoms with Crippen LogP contribution in [0.2, 0.25) is 0 Å². The van der Waals surface area contributed by atoms with Crippen molar-refractivity contribution in [2.45, 2.75) is 39.0 Å². The van der Waals surface area contributed by atoms with Crippen LogP contribution in [0.3, 0.4) is 0 Å². The third kappa shape index (κ3) is 5.12. The molecule has 0 saturated carbocycles. The summed E-state index contributed by atoms with van der Waals surface area (Å²) >= 11 is 0. The minimum absolute atomic E-state index is 0.130. The van der Waals surface area contributed by atoms with Gasteiger partial charge in [0, 0.05) is 16.9 Å². The summed E-state index contributed by atoms with van der Waals surface area (Å²) in [5.41, 5.74) is 7.52. The van der Waals surface area contributed by atoms with Gasteiger partial charge in [-0.1, -0.05) is 24.3 Å². The van der Waals surface area contributed by atoms with E-state index in [1.165, 1.54) is 4.90 Å². The molecule has 4 N–H and O–H groups in total. The second kappa shape index (κ2) is 8.59. The van der Waals surface area contributed by atoms with E-state index >= 15 is 0 Å². The van der Waals surface area contributed by atoms with Crippen LogP contribution in [0.1, 0.15) is 37.9 Å². The molecule has 2 aromatic carbocycles. The first-order valence-corrected chi connectivity index (χ1v) is 8.83. The highest BCUT2D eigenvalue weighted by Crippen LogP contribution is 2.29. The van der Waals surface area contributed by atoms with Crippen molar-refractivity contribution in [3.63, 3.8) is 0 Å². The maximum atomic E-state index is 13.2. The molecule has 146 valence electrons. The molecule has 0 aliphatic heterocycles. The van der Waals surface area contributed by atoms with E-state index < -0.39 is 17.5 Å². The Labute approximate surface area is 165 Å². The van der Waals surface area contributed by atoms with Crippen molar-refractivity contribution in [3.8, 4) is 12.3 Å². The van der Waals surface area contributed by atoms with E-state index in [1.807, 2.05) is 20.8 Å². The number of rotatable bonds is 5. The number of amides is 2. The van der Waals surface area contributed by atoms with Crippen LogP contribution < -0.4 is 16.0 Å². The molecular formula is C22H25N3O3. The number of anilines is 2. The second-order valence-electron chi connectivity index (χ2n) is 7.45. The number of nitrogens with two attached hydrogens (primary N) is 1. The lowest BCUT2D eigenvalue weighted by Crippen LogP contribution is -2.49. The smallest absolute Gasteiger partial charge is 0.303 e. The molecule has 1 atom stereocenters. The molecule has 1 unspecified atom stereocenters. The van der Waals surface area contributed by atoms with E-state index in [2.05, 4.69) is 11.2 Å². The standard InChI is InChI=1S/C22H25N3O3/c1-5-19(27)25(18-12-6-15(14-26)7-13-18)20(21(28)24-22(2,3)4)16-8-10-17(23)11-9-16/h1,6-13,20,26H,14,23H2,2-4H3,(H,24,28). The minimum Gasteiger partial charge on any atom is -0.399 e. The molecule has 0 fully saturated rings. The number of hydrogen-bond donors (Lipinski definition) is 3. The predicted octanol–water partition coefficient (Wildman–Crippen LogP) is 2.38. The molecular weight excluding hydrogens is 354 g/mol. The number of hydrogen-bond acceptors (Lipinski definition) is 4. The van der Waals surface area contributed by atoms with Crippen molar-refractivity contribution in [2.75, 3.05) is 10.6 Å². The fraction of sp³-hybridized carbons (Fsp3) is 0.273. The van der Waals surface area contributed by atoms with Gasteiger partial charge in [-0.05, 0) is 62.1 Å². The van der Waals surface area contributed by atoms with Crippen LogP contribution in [0.15, 0.2) is 48.5 Å². The Morgan fingerprint density at radius 1 is 1.14 bits per heavy atom. The highest BCUT2D eigenvalue weighted by atomic mass is 16.3. The lowest BCUT2D eigenvalue weighted by molar-refractivity contribution is -0.126. The predicted molar refractivity (Wildman–Crippen MR) is 110 cm³/mol. The van der Waals surface area contributed by atoms with E-state index in [0.29, 0.717) is 22.5 Å². The summed E-state index contributed by atoms with van der Waals surface area (Å²) in [5.74, 6) is 1.09. The number of nitrogens with zero attached hydrogens (tertiary/aromatic N) is 1. The lowest BCUT2D eigenvalue weighted by Gasteiger charge is -2.32. The van der Waals surface area contributed by atoms with Crippen molar-refractivity contribution < 1.29 is 14.7 Å². The number of aliphatic hydroxyl groups is 1. The first-order chi connectivity index (χ1) is 13.2. The number of benzene rings is 2. The zero-order valence-corrected chi connectivity index (χ0v) is 16.3. The highest BCUT2D eigenvalue weighted by Gasteiger charge is 2.33. The number of carbonyl (C=O) groups is 2. The SMILES string of the molecule is C#CC(=O)N(c1ccc(CO)cc1)C(C(=O)NC(C)(C)C)c1ccc(N)cc1. The van der Waals surface area contributed by atoms with Crippen LogP contribution in [0, 0.1) is 12.3 Å². The van der Waals surface area contributed by atoms with E-state index in [-0.39, 0.29) is 12.5 Å². The summed E-state index contributed by atoms with van der Waals surface area (Å²) < 4.78 is 0. The van der Waals surface area contributed by atoms with Gasteiger partial charge in [0.1, 0.15) is 6.04 Å². The van der Waals surface area contributed by atoms with Gasteiger partial charge >= 0.3 is 5.91 Å². The number of nitrogens with one attached hydrogen (secondary N) is 1. The van der Waals surface area contributed by atoms with E-state index in [0.717, 1.165) is 0 Å². The maximum absolute atomic E-state index is 13.2. The molecule has 0 bridgehead atoms. The monoisotopic (exact) mass is 379 g/mol. The Balaban J connectivity index is 2.60. The van der Waals surface area contributed by atoms with Gasteiger partial charge in [-0.25, -0.2) is 0 Å². The fourth-order valence-electron chi connectivity index (χ4n) is 2.75. The third-order valence-corrected chi connectivity index (χ3v) is 4.00. The Hall–Kier alpha value is -3.30. The molecule has 2 aromatic rings. The average Bonchev–Trinajstić information content (AvgIpc) is 2.65. The Kier molecular flexibility index (Phi) is 6.45. The lowest BCUT2D eigenvalue weighted by atomic mass is 10.00. The van der Waals surface area contributed by atoms with Gasteiger partial charge in [0.25, 0.3) is 0 Å². The Morgan fingerprint density at radius 3 is 2.18 bits per heavy atom. The number of nitrogen functional groups attached to an aromatic ring is 1. The number of aliphatic hydroxyl groups excluding tert-OH is 1. The van der Waals surface area contributed by atoms with Crippen molar-refractivity contribution in [1.82, 2.24) is 5.32 Å². The van der Waals surface area contributed by atoms with Gasteiger partial charge in [-0.2, -0.15) is 0 Å². The molecule has 0 saturated heterocycles. The summed E-state index contributed by atoms with van der Waals surface area (Å²) in [6.07, 6.45) is 5.40. The minimum atomic E-state index is -0.983. The average molecular weight is 379 g/mol. The second-order valence-corrected chi connectivity index (χ2v) is 7.45. The van der Waals surface area contributed by atoms with Crippen LogP contribution in [0.5, 0.6) is 0 Å². The summed E-state index contributed by atoms with van der Waals surface area (Å²) in [6.45, 7) is 5.44. The first-order valence-electron chi connectivity index (χ1n) is 8.83. The van der Waals surface area contributed by atoms with Gasteiger partial charge in [0.15, 0.2) is 0 Å². The summed E-state index contributed by atoms with van der Waals surface area (Å²) in [7, 11) is 0. The molecule has 0 aliphatic rings. The molecule has 0 spiro atoms. The summed E-state index contributed by atoms with van der Waals surface area (Å²) in [5, 5.41) is 12.2. The first kappa shape index (κ1) is 21.0. The fourth-order valence-corrected chi connectivity index (χ4v) is 2.75. The summed E-state index contributed by atoms with van der Waals surface area (Å²) in [4.78, 5) is 27.1. The normalized spacial score (nSPS) is 12.0. The van der Waals surface area contributed by atoms with E-state index in [9.17, 15) is 14.7 Å². The zero-order chi connectivity index (χ0) is 20.9. The highest BCUT2D eigenvalue weighted by molar-refractivity contribution is 6.09. The van der Waals surface area contributed by atoms with Crippen LogP contribution >= 0.6 is 0 Å². The largest absolute Gasteiger partial charge is 0.399 e. The van der Waals surface area contributed by atoms with Crippen LogP contribution in [0.25, 0.3) is 0 Å². The van der Waals surface area contributed by atoms with E-state index in [4.69, 9.17) is 12.2 Å². The number of carbonyl (C=O) groups excluding carboxylic acids is 2.